The lowest BCUT2D eigenvalue weighted by Crippen LogP contribution is -2.25. The van der Waals surface area contributed by atoms with Crippen LogP contribution in [-0.2, 0) is 10.8 Å². The molecule has 7 aromatic rings. The van der Waals surface area contributed by atoms with Crippen LogP contribution in [0.1, 0.15) is 241 Å². The third kappa shape index (κ3) is 12.8. The Morgan fingerprint density at radius 2 is 0.520 bits per heavy atom. The van der Waals surface area contributed by atoms with Crippen molar-refractivity contribution < 1.29 is 0 Å². The average Bonchev–Trinajstić information content (AvgIpc) is 4.32. The Kier molecular flexibility index (Phi) is 20.1. The van der Waals surface area contributed by atoms with Crippen molar-refractivity contribution in [2.45, 2.75) is 232 Å². The first-order chi connectivity index (χ1) is 36.8. The highest BCUT2D eigenvalue weighted by Crippen LogP contribution is 2.58. The van der Waals surface area contributed by atoms with Gasteiger partial charge in [0, 0.05) is 40.1 Å². The van der Waals surface area contributed by atoms with E-state index in [1.165, 1.54) is 254 Å². The highest BCUT2D eigenvalue weighted by Gasteiger charge is 2.44. The molecule has 0 unspecified atom stereocenters. The summed E-state index contributed by atoms with van der Waals surface area (Å²) in [5, 5.41) is 0. The lowest BCUT2D eigenvalue weighted by Gasteiger charge is -2.33. The molecule has 4 aromatic carbocycles. The van der Waals surface area contributed by atoms with E-state index >= 15 is 0 Å². The van der Waals surface area contributed by atoms with Gasteiger partial charge in [-0.25, -0.2) is 0 Å². The van der Waals surface area contributed by atoms with Gasteiger partial charge in [0.1, 0.15) is 0 Å². The maximum atomic E-state index is 2.65. The molecule has 3 heteroatoms. The summed E-state index contributed by atoms with van der Waals surface area (Å²) in [6.45, 7) is 14.0. The fourth-order valence-corrected chi connectivity index (χ4v) is 16.7. The number of hydrogen-bond donors (Lipinski definition) is 0. The molecule has 0 amide bonds. The van der Waals surface area contributed by atoms with E-state index in [0.717, 1.165) is 0 Å². The Balaban J connectivity index is 0.961. The fourth-order valence-electron chi connectivity index (χ4n) is 13.5. The maximum absolute atomic E-state index is 2.65. The SMILES string of the molecule is CCCCCCCCC1(CCCCCCCC)c2cc(C)ccc2-c2ccc(-c3ccc(-c4ccc(-c5ccc(-c6ccc7c(c6)C(CCCCCCCC)(CCCCCCCC)c6cc(C)ccc6-7)s5)s4)s3)cc21. The van der Waals surface area contributed by atoms with Crippen molar-refractivity contribution in [3.63, 3.8) is 0 Å². The second-order valence-corrected chi connectivity index (χ2v) is 26.6. The summed E-state index contributed by atoms with van der Waals surface area (Å²) < 4.78 is 0. The average molecular weight is 1050 g/mol. The molecular weight excluding hydrogens is 961 g/mol. The van der Waals surface area contributed by atoms with E-state index in [1.54, 1.807) is 22.3 Å². The van der Waals surface area contributed by atoms with Gasteiger partial charge in [-0.05, 0) is 144 Å². The van der Waals surface area contributed by atoms with Crippen molar-refractivity contribution in [1.29, 1.82) is 0 Å². The topological polar surface area (TPSA) is 0 Å². The van der Waals surface area contributed by atoms with E-state index in [9.17, 15) is 0 Å². The standard InChI is InChI=1S/C72H92S3/c1-7-11-15-19-23-27-45-71(46-28-24-20-16-12-8-2)61-49-53(5)31-35-57(61)59-37-33-55(51-63(59)71)65-39-41-67(73-65)69-43-44-70(75-69)68-42-40-66(74-68)56-34-38-60-58-36-32-54(6)50-62(58)72(64(60)52-56,47-29-25-21-17-13-9-3)48-30-26-22-18-14-10-4/h31-44,49-52H,7-30,45-48H2,1-6H3. The minimum Gasteiger partial charge on any atom is -0.134 e. The van der Waals surface area contributed by atoms with Crippen molar-refractivity contribution in [2.24, 2.45) is 0 Å². The third-order valence-corrected chi connectivity index (χ3v) is 21.5. The van der Waals surface area contributed by atoms with Gasteiger partial charge in [0.05, 0.1) is 0 Å². The van der Waals surface area contributed by atoms with Crippen molar-refractivity contribution in [2.75, 3.05) is 0 Å². The molecule has 0 fully saturated rings. The predicted molar refractivity (Wildman–Crippen MR) is 336 cm³/mol. The summed E-state index contributed by atoms with van der Waals surface area (Å²) >= 11 is 5.93. The van der Waals surface area contributed by atoms with Crippen molar-refractivity contribution in [1.82, 2.24) is 0 Å². The molecule has 398 valence electrons. The van der Waals surface area contributed by atoms with Crippen molar-refractivity contribution >= 4 is 34.0 Å². The Morgan fingerprint density at radius 3 is 0.840 bits per heavy atom. The highest BCUT2D eigenvalue weighted by molar-refractivity contribution is 7.27. The number of rotatable bonds is 32. The number of unbranched alkanes of at least 4 members (excludes halogenated alkanes) is 20. The first-order valence-corrected chi connectivity index (χ1v) is 33.1. The molecule has 0 spiro atoms. The van der Waals surface area contributed by atoms with Gasteiger partial charge in [0.25, 0.3) is 0 Å². The molecule has 0 radical (unpaired) electrons. The number of aryl methyl sites for hydroxylation is 2. The smallest absolute Gasteiger partial charge is 0.0449 e. The number of thiophene rings is 3. The largest absolute Gasteiger partial charge is 0.134 e. The molecule has 0 N–H and O–H groups in total. The number of benzene rings is 4. The van der Waals surface area contributed by atoms with E-state index < -0.39 is 0 Å². The van der Waals surface area contributed by atoms with E-state index in [4.69, 9.17) is 0 Å². The second-order valence-electron chi connectivity index (χ2n) is 23.3. The van der Waals surface area contributed by atoms with Crippen LogP contribution in [0.2, 0.25) is 0 Å². The molecule has 3 heterocycles. The molecule has 75 heavy (non-hydrogen) atoms. The first kappa shape index (κ1) is 55.7. The van der Waals surface area contributed by atoms with Gasteiger partial charge in [0.15, 0.2) is 0 Å². The molecule has 0 aliphatic heterocycles. The van der Waals surface area contributed by atoms with Crippen LogP contribution >= 0.6 is 34.0 Å². The van der Waals surface area contributed by atoms with Crippen LogP contribution in [0.25, 0.3) is 62.6 Å². The Labute approximate surface area is 468 Å². The zero-order valence-corrected chi connectivity index (χ0v) is 49.9. The molecule has 2 aliphatic rings. The van der Waals surface area contributed by atoms with Gasteiger partial charge < -0.3 is 0 Å². The van der Waals surface area contributed by atoms with Crippen LogP contribution in [0.3, 0.4) is 0 Å². The molecular formula is C72H92S3. The second kappa shape index (κ2) is 27.0. The zero-order valence-electron chi connectivity index (χ0n) is 47.4. The van der Waals surface area contributed by atoms with Gasteiger partial charge in [-0.1, -0.05) is 254 Å². The van der Waals surface area contributed by atoms with Crippen LogP contribution < -0.4 is 0 Å². The maximum Gasteiger partial charge on any atom is 0.0449 e. The molecule has 0 saturated carbocycles. The predicted octanol–water partition coefficient (Wildman–Crippen LogP) is 24.7. The molecule has 0 bridgehead atoms. The van der Waals surface area contributed by atoms with Gasteiger partial charge in [-0.3, -0.25) is 0 Å². The van der Waals surface area contributed by atoms with Gasteiger partial charge in [-0.15, -0.1) is 34.0 Å². The minimum atomic E-state index is 0.0959. The summed E-state index contributed by atoms with van der Waals surface area (Å²) in [7, 11) is 0. The normalized spacial score (nSPS) is 13.8. The van der Waals surface area contributed by atoms with E-state index in [2.05, 4.69) is 151 Å². The summed E-state index contributed by atoms with van der Waals surface area (Å²) in [6.07, 6.45) is 37.4. The van der Waals surface area contributed by atoms with Gasteiger partial charge >= 0.3 is 0 Å². The summed E-state index contributed by atoms with van der Waals surface area (Å²) in [4.78, 5) is 8.28. The van der Waals surface area contributed by atoms with Crippen LogP contribution in [0.4, 0.5) is 0 Å². The number of hydrogen-bond acceptors (Lipinski definition) is 3. The lowest BCUT2D eigenvalue weighted by molar-refractivity contribution is 0.398. The molecule has 0 nitrogen and oxygen atoms in total. The first-order valence-electron chi connectivity index (χ1n) is 30.7. The van der Waals surface area contributed by atoms with Crippen LogP contribution in [0.5, 0.6) is 0 Å². The Bertz CT molecular complexity index is 2670. The lowest BCUT2D eigenvalue weighted by atomic mass is 9.70. The quantitative estimate of drug-likeness (QED) is 0.0369. The fraction of sp³-hybridized carbons (Fsp3) is 0.500. The molecule has 9 rings (SSSR count). The Morgan fingerprint density at radius 1 is 0.267 bits per heavy atom. The molecule has 0 saturated heterocycles. The van der Waals surface area contributed by atoms with Gasteiger partial charge in [-0.2, -0.15) is 0 Å². The van der Waals surface area contributed by atoms with Crippen molar-refractivity contribution in [3.8, 4) is 62.6 Å². The minimum absolute atomic E-state index is 0.0959. The highest BCUT2D eigenvalue weighted by atomic mass is 32.1. The monoisotopic (exact) mass is 1050 g/mol. The molecule has 2 aliphatic carbocycles. The van der Waals surface area contributed by atoms with Crippen LogP contribution in [-0.4, -0.2) is 0 Å². The summed E-state index contributed by atoms with van der Waals surface area (Å²) in [5.74, 6) is 0. The third-order valence-electron chi connectivity index (χ3n) is 17.7. The number of fused-ring (bicyclic) bond motifs is 6. The van der Waals surface area contributed by atoms with Crippen LogP contribution in [0.15, 0.2) is 109 Å². The molecule has 0 atom stereocenters. The van der Waals surface area contributed by atoms with E-state index in [0.29, 0.717) is 0 Å². The Hall–Kier alpha value is -4.02. The summed E-state index contributed by atoms with van der Waals surface area (Å²) in [5.41, 5.74) is 18.2. The van der Waals surface area contributed by atoms with Crippen LogP contribution in [0, 0.1) is 13.8 Å². The summed E-state index contributed by atoms with van der Waals surface area (Å²) in [6, 6.07) is 44.3. The molecule has 3 aromatic heterocycles. The van der Waals surface area contributed by atoms with Gasteiger partial charge in [0.2, 0.25) is 0 Å². The van der Waals surface area contributed by atoms with Crippen molar-refractivity contribution in [3.05, 3.63) is 143 Å². The zero-order chi connectivity index (χ0) is 52.0. The van der Waals surface area contributed by atoms with E-state index in [1.807, 2.05) is 34.0 Å². The van der Waals surface area contributed by atoms with E-state index in [-0.39, 0.29) is 10.8 Å².